The number of carbonyl (C=O) groups is 1. The summed E-state index contributed by atoms with van der Waals surface area (Å²) in [5.74, 6) is -0.0876. The predicted molar refractivity (Wildman–Crippen MR) is 82.4 cm³/mol. The second kappa shape index (κ2) is 6.28. The second-order valence-corrected chi connectivity index (χ2v) is 5.70. The summed E-state index contributed by atoms with van der Waals surface area (Å²) in [6.07, 6.45) is 0. The molecular formula is C13H12Cl2N2OS. The summed E-state index contributed by atoms with van der Waals surface area (Å²) in [6.45, 7) is 2.04. The molecule has 0 atom stereocenters. The average molecular weight is 315 g/mol. The largest absolute Gasteiger partial charge is 0.378 e. The van der Waals surface area contributed by atoms with Gasteiger partial charge in [-0.1, -0.05) is 29.3 Å². The lowest BCUT2D eigenvalue weighted by molar-refractivity contribution is -0.114. The van der Waals surface area contributed by atoms with Crippen LogP contribution in [0.25, 0.3) is 0 Å². The van der Waals surface area contributed by atoms with Crippen LogP contribution in [0.1, 0.15) is 11.8 Å². The first-order valence-corrected chi connectivity index (χ1v) is 7.23. The van der Waals surface area contributed by atoms with Crippen LogP contribution in [0.3, 0.4) is 0 Å². The summed E-state index contributed by atoms with van der Waals surface area (Å²) in [4.78, 5) is 12.1. The quantitative estimate of drug-likeness (QED) is 0.864. The van der Waals surface area contributed by atoms with Crippen molar-refractivity contribution < 1.29 is 4.79 Å². The number of hydrogen-bond acceptors (Lipinski definition) is 3. The molecule has 0 saturated heterocycles. The first-order chi connectivity index (χ1) is 9.08. The number of halogens is 2. The van der Waals surface area contributed by atoms with Gasteiger partial charge in [0.15, 0.2) is 0 Å². The summed E-state index contributed by atoms with van der Waals surface area (Å²) in [6, 6.07) is 7.22. The average Bonchev–Trinajstić information content (AvgIpc) is 2.75. The van der Waals surface area contributed by atoms with Crippen molar-refractivity contribution in [3.63, 3.8) is 0 Å². The van der Waals surface area contributed by atoms with Crippen LogP contribution in [0, 0.1) is 0 Å². The third-order valence-corrected chi connectivity index (χ3v) is 4.00. The number of rotatable bonds is 4. The number of hydrogen-bond donors (Lipinski definition) is 2. The Bertz CT molecular complexity index is 578. The highest BCUT2D eigenvalue weighted by atomic mass is 35.5. The van der Waals surface area contributed by atoms with Crippen molar-refractivity contribution in [1.82, 2.24) is 0 Å². The van der Waals surface area contributed by atoms with Crippen LogP contribution in [0.2, 0.25) is 10.0 Å². The minimum atomic E-state index is -0.0876. The number of anilines is 2. The van der Waals surface area contributed by atoms with E-state index in [4.69, 9.17) is 23.2 Å². The van der Waals surface area contributed by atoms with Crippen molar-refractivity contribution in [2.45, 2.75) is 13.5 Å². The minimum Gasteiger partial charge on any atom is -0.378 e. The molecule has 0 fully saturated rings. The zero-order chi connectivity index (χ0) is 13.8. The Morgan fingerprint density at radius 2 is 1.95 bits per heavy atom. The van der Waals surface area contributed by atoms with Crippen molar-refractivity contribution >= 4 is 51.8 Å². The molecule has 0 aliphatic carbocycles. The summed E-state index contributed by atoms with van der Waals surface area (Å²) in [7, 11) is 0. The molecule has 0 spiro atoms. The van der Waals surface area contributed by atoms with Crippen LogP contribution in [-0.4, -0.2) is 5.91 Å². The molecule has 1 heterocycles. The smallest absolute Gasteiger partial charge is 0.221 e. The molecule has 1 amide bonds. The molecule has 0 bridgehead atoms. The van der Waals surface area contributed by atoms with Gasteiger partial charge in [-0.25, -0.2) is 0 Å². The molecule has 1 aromatic heterocycles. The lowest BCUT2D eigenvalue weighted by Gasteiger charge is -2.10. The molecule has 1 aromatic carbocycles. The topological polar surface area (TPSA) is 41.1 Å². The number of amides is 1. The second-order valence-electron chi connectivity index (χ2n) is 3.89. The van der Waals surface area contributed by atoms with Gasteiger partial charge in [-0.3, -0.25) is 4.79 Å². The highest BCUT2D eigenvalue weighted by Gasteiger charge is 2.08. The van der Waals surface area contributed by atoms with Crippen molar-refractivity contribution in [2.24, 2.45) is 0 Å². The molecule has 0 saturated carbocycles. The highest BCUT2D eigenvalue weighted by Crippen LogP contribution is 2.31. The fraction of sp³-hybridized carbons (Fsp3) is 0.154. The van der Waals surface area contributed by atoms with Crippen molar-refractivity contribution in [3.8, 4) is 0 Å². The van der Waals surface area contributed by atoms with Crippen molar-refractivity contribution in [2.75, 3.05) is 10.6 Å². The number of carbonyl (C=O) groups excluding carboxylic acids is 1. The van der Waals surface area contributed by atoms with Gasteiger partial charge < -0.3 is 10.6 Å². The molecule has 100 valence electrons. The van der Waals surface area contributed by atoms with E-state index in [-0.39, 0.29) is 5.91 Å². The summed E-state index contributed by atoms with van der Waals surface area (Å²) >= 11 is 13.7. The SMILES string of the molecule is CC(=O)Nc1ccsc1CNc1c(Cl)cccc1Cl. The molecule has 19 heavy (non-hydrogen) atoms. The van der Waals surface area contributed by atoms with Crippen LogP contribution >= 0.6 is 34.5 Å². The van der Waals surface area contributed by atoms with Crippen LogP contribution < -0.4 is 10.6 Å². The van der Waals surface area contributed by atoms with Crippen LogP contribution in [0.5, 0.6) is 0 Å². The van der Waals surface area contributed by atoms with E-state index < -0.39 is 0 Å². The molecule has 0 aliphatic rings. The first-order valence-electron chi connectivity index (χ1n) is 5.60. The molecule has 2 rings (SSSR count). The lowest BCUT2D eigenvalue weighted by atomic mass is 10.3. The Labute approximate surface area is 125 Å². The van der Waals surface area contributed by atoms with Crippen molar-refractivity contribution in [1.29, 1.82) is 0 Å². The van der Waals surface area contributed by atoms with E-state index in [0.29, 0.717) is 22.3 Å². The maximum absolute atomic E-state index is 11.1. The van der Waals surface area contributed by atoms with E-state index in [1.165, 1.54) is 6.92 Å². The van der Waals surface area contributed by atoms with Gasteiger partial charge in [0.1, 0.15) is 0 Å². The number of nitrogens with one attached hydrogen (secondary N) is 2. The van der Waals surface area contributed by atoms with Crippen LogP contribution in [0.15, 0.2) is 29.6 Å². The standard InChI is InChI=1S/C13H12Cl2N2OS/c1-8(18)17-11-5-6-19-12(11)7-16-13-9(14)3-2-4-10(13)15/h2-6,16H,7H2,1H3,(H,17,18). The Kier molecular flexibility index (Phi) is 4.69. The molecule has 2 N–H and O–H groups in total. The maximum atomic E-state index is 11.1. The third kappa shape index (κ3) is 3.62. The van der Waals surface area contributed by atoms with Gasteiger partial charge in [-0.05, 0) is 23.6 Å². The molecule has 3 nitrogen and oxygen atoms in total. The first kappa shape index (κ1) is 14.2. The molecule has 0 radical (unpaired) electrons. The van der Waals surface area contributed by atoms with Crippen LogP contribution in [-0.2, 0) is 11.3 Å². The Balaban J connectivity index is 2.11. The lowest BCUT2D eigenvalue weighted by Crippen LogP contribution is -2.08. The van der Waals surface area contributed by atoms with Gasteiger partial charge in [0.25, 0.3) is 0 Å². The minimum absolute atomic E-state index is 0.0876. The molecule has 6 heteroatoms. The van der Waals surface area contributed by atoms with Gasteiger partial charge in [0.05, 0.1) is 28.0 Å². The van der Waals surface area contributed by atoms with Gasteiger partial charge in [-0.2, -0.15) is 0 Å². The maximum Gasteiger partial charge on any atom is 0.221 e. The van der Waals surface area contributed by atoms with E-state index in [1.807, 2.05) is 11.4 Å². The number of benzene rings is 1. The Morgan fingerprint density at radius 1 is 1.26 bits per heavy atom. The highest BCUT2D eigenvalue weighted by molar-refractivity contribution is 7.10. The number of thiophene rings is 1. The van der Waals surface area contributed by atoms with E-state index in [0.717, 1.165) is 10.6 Å². The molecule has 2 aromatic rings. The van der Waals surface area contributed by atoms with E-state index in [1.54, 1.807) is 29.5 Å². The van der Waals surface area contributed by atoms with Gasteiger partial charge >= 0.3 is 0 Å². The van der Waals surface area contributed by atoms with E-state index >= 15 is 0 Å². The van der Waals surface area contributed by atoms with Gasteiger partial charge in [0.2, 0.25) is 5.91 Å². The van der Waals surface area contributed by atoms with Crippen molar-refractivity contribution in [3.05, 3.63) is 44.6 Å². The third-order valence-electron chi connectivity index (χ3n) is 2.44. The predicted octanol–water partition coefficient (Wildman–Crippen LogP) is 4.63. The monoisotopic (exact) mass is 314 g/mol. The summed E-state index contributed by atoms with van der Waals surface area (Å²) < 4.78 is 0. The molecule has 0 unspecified atom stereocenters. The van der Waals surface area contributed by atoms with Gasteiger partial charge in [0, 0.05) is 11.8 Å². The zero-order valence-electron chi connectivity index (χ0n) is 10.2. The normalized spacial score (nSPS) is 10.3. The zero-order valence-corrected chi connectivity index (χ0v) is 12.5. The van der Waals surface area contributed by atoms with Gasteiger partial charge in [-0.15, -0.1) is 11.3 Å². The van der Waals surface area contributed by atoms with E-state index in [9.17, 15) is 4.79 Å². The van der Waals surface area contributed by atoms with E-state index in [2.05, 4.69) is 10.6 Å². The fourth-order valence-corrected chi connectivity index (χ4v) is 2.91. The number of para-hydroxylation sites is 1. The molecule has 0 aliphatic heterocycles. The fourth-order valence-electron chi connectivity index (χ4n) is 1.61. The Morgan fingerprint density at radius 3 is 2.58 bits per heavy atom. The van der Waals surface area contributed by atoms with Crippen LogP contribution in [0.4, 0.5) is 11.4 Å². The molecular weight excluding hydrogens is 303 g/mol. The summed E-state index contributed by atoms with van der Waals surface area (Å²) in [5, 5.41) is 9.05. The Hall–Kier alpha value is -1.23. The summed E-state index contributed by atoms with van der Waals surface area (Å²) in [5.41, 5.74) is 1.51.